The molecular weight excluding hydrogens is 412 g/mol. The highest BCUT2D eigenvalue weighted by Gasteiger charge is 2.16. The molecule has 1 aromatic heterocycles. The quantitative estimate of drug-likeness (QED) is 0.336. The van der Waals surface area contributed by atoms with Crippen molar-refractivity contribution in [1.82, 2.24) is 9.55 Å². The zero-order valence-corrected chi connectivity index (χ0v) is 16.8. The second-order valence-electron chi connectivity index (χ2n) is 7.04. The first-order chi connectivity index (χ1) is 15.3. The molecule has 0 spiro atoms. The maximum absolute atomic E-state index is 13.4. The lowest BCUT2D eigenvalue weighted by Crippen LogP contribution is -2.23. The normalized spacial score (nSPS) is 11.2. The Bertz CT molecular complexity index is 1460. The Labute approximate surface area is 181 Å². The fraction of sp³-hybridized carbons (Fsp3) is 0.0435. The van der Waals surface area contributed by atoms with E-state index in [1.54, 1.807) is 61.5 Å². The van der Waals surface area contributed by atoms with E-state index in [0.717, 1.165) is 0 Å². The van der Waals surface area contributed by atoms with E-state index in [-0.39, 0.29) is 22.8 Å². The lowest BCUT2D eigenvalue weighted by molar-refractivity contribution is -0.385. The summed E-state index contributed by atoms with van der Waals surface area (Å²) in [7, 11) is 0. The Balaban J connectivity index is 1.92. The number of nitro benzene ring substituents is 2. The van der Waals surface area contributed by atoms with Crippen LogP contribution in [0.4, 0.5) is 11.4 Å². The van der Waals surface area contributed by atoms with Crippen molar-refractivity contribution in [2.24, 2.45) is 0 Å². The van der Waals surface area contributed by atoms with Crippen molar-refractivity contribution >= 4 is 34.4 Å². The highest BCUT2D eigenvalue weighted by Crippen LogP contribution is 2.23. The van der Waals surface area contributed by atoms with Crippen LogP contribution in [0.15, 0.2) is 71.5 Å². The van der Waals surface area contributed by atoms with Gasteiger partial charge in [0.1, 0.15) is 5.82 Å². The summed E-state index contributed by atoms with van der Waals surface area (Å²) in [5.74, 6) is 0.274. The third kappa shape index (κ3) is 3.86. The zero-order chi connectivity index (χ0) is 22.8. The molecule has 4 rings (SSSR count). The van der Waals surface area contributed by atoms with Gasteiger partial charge < -0.3 is 0 Å². The van der Waals surface area contributed by atoms with Crippen LogP contribution in [0.2, 0.25) is 0 Å². The molecule has 0 unspecified atom stereocenters. The maximum Gasteiger partial charge on any atom is 0.271 e. The summed E-state index contributed by atoms with van der Waals surface area (Å²) in [4.78, 5) is 39.1. The first kappa shape index (κ1) is 20.6. The number of non-ortho nitro benzene ring substituents is 2. The summed E-state index contributed by atoms with van der Waals surface area (Å²) in [6.45, 7) is 1.75. The average molecular weight is 428 g/mol. The lowest BCUT2D eigenvalue weighted by Gasteiger charge is -2.13. The van der Waals surface area contributed by atoms with Crippen molar-refractivity contribution in [2.75, 3.05) is 0 Å². The number of hydrogen-bond acceptors (Lipinski definition) is 6. The molecule has 32 heavy (non-hydrogen) atoms. The van der Waals surface area contributed by atoms with Gasteiger partial charge in [-0.15, -0.1) is 0 Å². The minimum atomic E-state index is -0.519. The lowest BCUT2D eigenvalue weighted by atomic mass is 10.1. The van der Waals surface area contributed by atoms with Gasteiger partial charge in [-0.05, 0) is 48.4 Å². The molecule has 0 fully saturated rings. The summed E-state index contributed by atoms with van der Waals surface area (Å²) in [5.41, 5.74) is 1.64. The molecule has 1 heterocycles. The molecule has 0 N–H and O–H groups in total. The Morgan fingerprint density at radius 3 is 2.22 bits per heavy atom. The molecule has 9 nitrogen and oxygen atoms in total. The van der Waals surface area contributed by atoms with Gasteiger partial charge in [0.2, 0.25) is 0 Å². The van der Waals surface area contributed by atoms with Crippen LogP contribution < -0.4 is 5.56 Å². The van der Waals surface area contributed by atoms with Gasteiger partial charge in [0.05, 0.1) is 26.4 Å². The van der Waals surface area contributed by atoms with E-state index in [9.17, 15) is 25.0 Å². The van der Waals surface area contributed by atoms with Crippen LogP contribution in [-0.2, 0) is 0 Å². The summed E-state index contributed by atoms with van der Waals surface area (Å²) in [6.07, 6.45) is 3.27. The van der Waals surface area contributed by atoms with Crippen molar-refractivity contribution in [2.45, 2.75) is 6.92 Å². The Hall–Kier alpha value is -4.66. The molecule has 3 aromatic carbocycles. The predicted molar refractivity (Wildman–Crippen MR) is 121 cm³/mol. The molecule has 0 radical (unpaired) electrons. The molecule has 4 aromatic rings. The largest absolute Gasteiger partial charge is 0.271 e. The van der Waals surface area contributed by atoms with E-state index in [1.807, 2.05) is 0 Å². The van der Waals surface area contributed by atoms with Gasteiger partial charge >= 0.3 is 0 Å². The zero-order valence-electron chi connectivity index (χ0n) is 16.8. The van der Waals surface area contributed by atoms with Crippen LogP contribution in [0.25, 0.3) is 28.7 Å². The molecule has 0 saturated carbocycles. The number of benzene rings is 3. The fourth-order valence-electron chi connectivity index (χ4n) is 3.32. The van der Waals surface area contributed by atoms with E-state index in [4.69, 9.17) is 0 Å². The third-order valence-corrected chi connectivity index (χ3v) is 4.97. The van der Waals surface area contributed by atoms with Crippen LogP contribution in [-0.4, -0.2) is 19.4 Å². The smallest absolute Gasteiger partial charge is 0.268 e. The van der Waals surface area contributed by atoms with E-state index in [1.165, 1.54) is 28.8 Å². The molecule has 0 bridgehead atoms. The first-order valence-electron chi connectivity index (χ1n) is 9.55. The summed E-state index contributed by atoms with van der Waals surface area (Å²) >= 11 is 0. The second kappa shape index (κ2) is 8.23. The Kier molecular flexibility index (Phi) is 5.30. The SMILES string of the molecule is Cc1ccc([N+](=O)[O-])cc1-n1c(C=Cc2ccc([N+](=O)[O-])cc2)nc2ccccc2c1=O. The van der Waals surface area contributed by atoms with Crippen molar-refractivity contribution < 1.29 is 9.85 Å². The minimum absolute atomic E-state index is 0.0323. The number of fused-ring (bicyclic) bond motifs is 1. The van der Waals surface area contributed by atoms with E-state index in [0.29, 0.717) is 27.7 Å². The molecule has 0 amide bonds. The molecule has 0 atom stereocenters. The van der Waals surface area contributed by atoms with E-state index < -0.39 is 9.85 Å². The first-order valence-corrected chi connectivity index (χ1v) is 9.55. The van der Waals surface area contributed by atoms with Gasteiger partial charge in [-0.3, -0.25) is 29.6 Å². The molecule has 0 aliphatic carbocycles. The fourth-order valence-corrected chi connectivity index (χ4v) is 3.32. The number of aromatic nitrogens is 2. The van der Waals surface area contributed by atoms with Crippen LogP contribution in [0.3, 0.4) is 0 Å². The number of nitrogens with zero attached hydrogens (tertiary/aromatic N) is 4. The second-order valence-corrected chi connectivity index (χ2v) is 7.04. The van der Waals surface area contributed by atoms with Gasteiger partial charge in [0, 0.05) is 24.3 Å². The number of para-hydroxylation sites is 1. The predicted octanol–water partition coefficient (Wildman–Crippen LogP) is 4.68. The highest BCUT2D eigenvalue weighted by atomic mass is 16.6. The maximum atomic E-state index is 13.4. The summed E-state index contributed by atoms with van der Waals surface area (Å²) < 4.78 is 1.34. The van der Waals surface area contributed by atoms with Crippen LogP contribution in [0.5, 0.6) is 0 Å². The number of nitro groups is 2. The molecule has 9 heteroatoms. The molecule has 0 saturated heterocycles. The Morgan fingerprint density at radius 1 is 0.875 bits per heavy atom. The highest BCUT2D eigenvalue weighted by molar-refractivity contribution is 5.80. The van der Waals surface area contributed by atoms with Crippen LogP contribution >= 0.6 is 0 Å². The van der Waals surface area contributed by atoms with Crippen molar-refractivity contribution in [1.29, 1.82) is 0 Å². The number of hydrogen-bond donors (Lipinski definition) is 0. The third-order valence-electron chi connectivity index (χ3n) is 4.97. The number of aryl methyl sites for hydroxylation is 1. The minimum Gasteiger partial charge on any atom is -0.268 e. The van der Waals surface area contributed by atoms with E-state index >= 15 is 0 Å². The Morgan fingerprint density at radius 2 is 1.53 bits per heavy atom. The molecular formula is C23H16N4O5. The molecule has 0 aliphatic heterocycles. The van der Waals surface area contributed by atoms with Gasteiger partial charge in [0.25, 0.3) is 16.9 Å². The van der Waals surface area contributed by atoms with Gasteiger partial charge in [-0.2, -0.15) is 0 Å². The summed E-state index contributed by atoms with van der Waals surface area (Å²) in [5, 5.41) is 22.5. The van der Waals surface area contributed by atoms with Crippen molar-refractivity contribution in [3.63, 3.8) is 0 Å². The van der Waals surface area contributed by atoms with Gasteiger partial charge in [-0.25, -0.2) is 4.98 Å². The number of rotatable bonds is 5. The van der Waals surface area contributed by atoms with E-state index in [2.05, 4.69) is 4.98 Å². The van der Waals surface area contributed by atoms with Crippen LogP contribution in [0.1, 0.15) is 17.0 Å². The van der Waals surface area contributed by atoms with Crippen molar-refractivity contribution in [3.05, 3.63) is 114 Å². The molecule has 0 aliphatic rings. The standard InChI is InChI=1S/C23H16N4O5/c1-15-6-10-18(27(31)32)14-21(15)25-22(24-20-5-3-2-4-19(20)23(25)28)13-9-16-7-11-17(12-8-16)26(29)30/h2-14H,1H3. The van der Waals surface area contributed by atoms with Crippen molar-refractivity contribution in [3.8, 4) is 5.69 Å². The van der Waals surface area contributed by atoms with Gasteiger partial charge in [0.15, 0.2) is 0 Å². The monoisotopic (exact) mass is 428 g/mol. The molecule has 158 valence electrons. The average Bonchev–Trinajstić information content (AvgIpc) is 2.78. The summed E-state index contributed by atoms with van der Waals surface area (Å²) in [6, 6.07) is 17.1. The van der Waals surface area contributed by atoms with Gasteiger partial charge in [-0.1, -0.05) is 24.3 Å². The van der Waals surface area contributed by atoms with Crippen LogP contribution in [0, 0.1) is 27.2 Å². The topological polar surface area (TPSA) is 121 Å².